The summed E-state index contributed by atoms with van der Waals surface area (Å²) in [4.78, 5) is 17.4. The lowest BCUT2D eigenvalue weighted by Crippen LogP contribution is -2.53. The van der Waals surface area contributed by atoms with Crippen LogP contribution in [-0.2, 0) is 4.79 Å². The van der Waals surface area contributed by atoms with Gasteiger partial charge in [-0.05, 0) is 57.5 Å². The van der Waals surface area contributed by atoms with Gasteiger partial charge in [-0.25, -0.2) is 0 Å². The van der Waals surface area contributed by atoms with Crippen LogP contribution in [-0.4, -0.2) is 56.2 Å². The van der Waals surface area contributed by atoms with Crippen LogP contribution in [0.4, 0.5) is 11.4 Å². The lowest BCUT2D eigenvalue weighted by molar-refractivity contribution is -0.117. The number of ether oxygens (including phenoxy) is 2. The van der Waals surface area contributed by atoms with Gasteiger partial charge in [0.05, 0.1) is 25.4 Å². The summed E-state index contributed by atoms with van der Waals surface area (Å²) in [6.45, 7) is 12.3. The lowest BCUT2D eigenvalue weighted by Gasteiger charge is -2.41. The minimum Gasteiger partial charge on any atom is -0.494 e. The third-order valence-electron chi connectivity index (χ3n) is 5.25. The molecule has 0 saturated carbocycles. The maximum atomic E-state index is 12.7. The minimum atomic E-state index is -0.0409. The molecule has 1 N–H and O–H groups in total. The van der Waals surface area contributed by atoms with E-state index in [0.29, 0.717) is 37.2 Å². The van der Waals surface area contributed by atoms with Crippen LogP contribution in [0.25, 0.3) is 0 Å². The van der Waals surface area contributed by atoms with E-state index in [2.05, 4.69) is 53.2 Å². The summed E-state index contributed by atoms with van der Waals surface area (Å²) >= 11 is 0. The molecule has 3 rings (SSSR count). The molecule has 7 heteroatoms. The first-order valence-electron chi connectivity index (χ1n) is 10.7. The van der Waals surface area contributed by atoms with Crippen molar-refractivity contribution in [3.63, 3.8) is 0 Å². The number of hydrogen-bond acceptors (Lipinski definition) is 5. The van der Waals surface area contributed by atoms with Gasteiger partial charge in [-0.15, -0.1) is 12.4 Å². The first-order chi connectivity index (χ1) is 14.5. The predicted octanol–water partition coefficient (Wildman–Crippen LogP) is 4.36. The summed E-state index contributed by atoms with van der Waals surface area (Å²) in [7, 11) is 0. The van der Waals surface area contributed by atoms with E-state index in [0.717, 1.165) is 25.4 Å². The zero-order chi connectivity index (χ0) is 21.5. The molecule has 31 heavy (non-hydrogen) atoms. The molecule has 6 nitrogen and oxygen atoms in total. The number of hydrogen-bond donors (Lipinski definition) is 1. The number of halogens is 1. The summed E-state index contributed by atoms with van der Waals surface area (Å²) in [5, 5.41) is 3.01. The molecule has 1 unspecified atom stereocenters. The Morgan fingerprint density at radius 1 is 1.10 bits per heavy atom. The number of piperazine rings is 1. The Morgan fingerprint density at radius 3 is 2.55 bits per heavy atom. The molecule has 1 amide bonds. The Labute approximate surface area is 191 Å². The fraction of sp³-hybridized carbons (Fsp3) is 0.458. The molecule has 2 aromatic rings. The molecule has 0 aromatic heterocycles. The van der Waals surface area contributed by atoms with Crippen LogP contribution in [0.3, 0.4) is 0 Å². The predicted molar refractivity (Wildman–Crippen MR) is 129 cm³/mol. The summed E-state index contributed by atoms with van der Waals surface area (Å²) in [6.07, 6.45) is 0. The van der Waals surface area contributed by atoms with E-state index in [1.165, 1.54) is 11.3 Å². The largest absolute Gasteiger partial charge is 0.494 e. The molecule has 170 valence electrons. The topological polar surface area (TPSA) is 54.0 Å². The highest BCUT2D eigenvalue weighted by Gasteiger charge is 2.25. The molecule has 2 aromatic carbocycles. The molecule has 0 radical (unpaired) electrons. The van der Waals surface area contributed by atoms with Gasteiger partial charge in [-0.3, -0.25) is 9.69 Å². The van der Waals surface area contributed by atoms with Crippen LogP contribution in [0, 0.1) is 6.92 Å². The maximum Gasteiger partial charge on any atom is 0.238 e. The molecule has 0 spiro atoms. The summed E-state index contributed by atoms with van der Waals surface area (Å²) < 4.78 is 11.2. The van der Waals surface area contributed by atoms with Crippen LogP contribution < -0.4 is 19.7 Å². The van der Waals surface area contributed by atoms with E-state index in [-0.39, 0.29) is 18.3 Å². The van der Waals surface area contributed by atoms with Gasteiger partial charge in [0.2, 0.25) is 5.91 Å². The summed E-state index contributed by atoms with van der Waals surface area (Å²) in [5.74, 6) is 1.34. The van der Waals surface area contributed by atoms with E-state index >= 15 is 0 Å². The molecule has 1 aliphatic rings. The quantitative estimate of drug-likeness (QED) is 0.651. The Morgan fingerprint density at radius 2 is 1.87 bits per heavy atom. The van der Waals surface area contributed by atoms with Crippen LogP contribution in [0.2, 0.25) is 0 Å². The molecule has 0 bridgehead atoms. The highest BCUT2D eigenvalue weighted by molar-refractivity contribution is 5.94. The smallest absolute Gasteiger partial charge is 0.238 e. The van der Waals surface area contributed by atoms with Crippen LogP contribution in [0.15, 0.2) is 42.5 Å². The Kier molecular flexibility index (Phi) is 9.46. The van der Waals surface area contributed by atoms with Crippen LogP contribution >= 0.6 is 12.4 Å². The average Bonchev–Trinajstić information content (AvgIpc) is 2.70. The van der Waals surface area contributed by atoms with Gasteiger partial charge in [-0.1, -0.05) is 12.1 Å². The first-order valence-corrected chi connectivity index (χ1v) is 10.7. The molecule has 1 aliphatic heterocycles. The number of rotatable bonds is 8. The molecular formula is C24H34ClN3O3. The van der Waals surface area contributed by atoms with Crippen molar-refractivity contribution in [1.82, 2.24) is 4.90 Å². The Hall–Kier alpha value is -2.44. The van der Waals surface area contributed by atoms with E-state index < -0.39 is 0 Å². The Balaban J connectivity index is 0.00000341. The third kappa shape index (κ3) is 6.77. The van der Waals surface area contributed by atoms with Crippen molar-refractivity contribution in [2.24, 2.45) is 0 Å². The first kappa shape index (κ1) is 24.8. The standard InChI is InChI=1S/C24H33N3O3.ClH/c1-5-29-21-10-11-23(30-6-2)22(15-21)25-24(28)17-26-12-13-27(19(4)16-26)20-9-7-8-18(3)14-20;/h7-11,14-15,19H,5-6,12-13,16-17H2,1-4H3,(H,25,28);1H. The van der Waals surface area contributed by atoms with Gasteiger partial charge in [0, 0.05) is 37.4 Å². The summed E-state index contributed by atoms with van der Waals surface area (Å²) in [6, 6.07) is 14.5. The molecule has 1 heterocycles. The minimum absolute atomic E-state index is 0. The van der Waals surface area contributed by atoms with E-state index in [1.54, 1.807) is 0 Å². The number of carbonyl (C=O) groups is 1. The van der Waals surface area contributed by atoms with Gasteiger partial charge >= 0.3 is 0 Å². The number of anilines is 2. The van der Waals surface area contributed by atoms with Gasteiger partial charge in [0.25, 0.3) is 0 Å². The van der Waals surface area contributed by atoms with Crippen molar-refractivity contribution in [1.29, 1.82) is 0 Å². The normalized spacial score (nSPS) is 16.4. The SMILES string of the molecule is CCOc1ccc(OCC)c(NC(=O)CN2CCN(c3cccc(C)c3)C(C)C2)c1.Cl. The number of benzene rings is 2. The summed E-state index contributed by atoms with van der Waals surface area (Å²) in [5.41, 5.74) is 3.17. The highest BCUT2D eigenvalue weighted by atomic mass is 35.5. The Bertz CT molecular complexity index is 862. The number of aryl methyl sites for hydroxylation is 1. The third-order valence-corrected chi connectivity index (χ3v) is 5.25. The van der Waals surface area contributed by atoms with Gasteiger partial charge in [-0.2, -0.15) is 0 Å². The van der Waals surface area contributed by atoms with Crippen LogP contribution in [0.5, 0.6) is 11.5 Å². The molecule has 1 atom stereocenters. The second-order valence-corrected chi connectivity index (χ2v) is 7.69. The van der Waals surface area contributed by atoms with Crippen molar-refractivity contribution in [2.75, 3.05) is 49.6 Å². The van der Waals surface area contributed by atoms with E-state index in [4.69, 9.17) is 9.47 Å². The number of nitrogens with zero attached hydrogens (tertiary/aromatic N) is 2. The highest BCUT2D eigenvalue weighted by Crippen LogP contribution is 2.29. The van der Waals surface area contributed by atoms with E-state index in [9.17, 15) is 4.79 Å². The van der Waals surface area contributed by atoms with Crippen molar-refractivity contribution >= 4 is 29.7 Å². The monoisotopic (exact) mass is 447 g/mol. The zero-order valence-corrected chi connectivity index (χ0v) is 19.7. The zero-order valence-electron chi connectivity index (χ0n) is 18.9. The van der Waals surface area contributed by atoms with Gasteiger partial charge in [0.15, 0.2) is 0 Å². The molecule has 1 saturated heterocycles. The average molecular weight is 448 g/mol. The fourth-order valence-corrected chi connectivity index (χ4v) is 3.90. The fourth-order valence-electron chi connectivity index (χ4n) is 3.90. The lowest BCUT2D eigenvalue weighted by atomic mass is 10.1. The second kappa shape index (κ2) is 11.8. The molecule has 0 aliphatic carbocycles. The maximum absolute atomic E-state index is 12.7. The van der Waals surface area contributed by atoms with Crippen molar-refractivity contribution < 1.29 is 14.3 Å². The van der Waals surface area contributed by atoms with Gasteiger partial charge < -0.3 is 19.7 Å². The molecule has 1 fully saturated rings. The van der Waals surface area contributed by atoms with Crippen molar-refractivity contribution in [3.8, 4) is 11.5 Å². The van der Waals surface area contributed by atoms with Crippen LogP contribution in [0.1, 0.15) is 26.3 Å². The number of carbonyl (C=O) groups excluding carboxylic acids is 1. The van der Waals surface area contributed by atoms with E-state index in [1.807, 2.05) is 32.0 Å². The van der Waals surface area contributed by atoms with Gasteiger partial charge in [0.1, 0.15) is 11.5 Å². The number of nitrogens with one attached hydrogen (secondary N) is 1. The second-order valence-electron chi connectivity index (χ2n) is 7.69. The van der Waals surface area contributed by atoms with Crippen molar-refractivity contribution in [3.05, 3.63) is 48.0 Å². The number of amides is 1. The molecular weight excluding hydrogens is 414 g/mol. The van der Waals surface area contributed by atoms with Crippen molar-refractivity contribution in [2.45, 2.75) is 33.7 Å².